The molecule has 0 fully saturated rings. The standard InChI is InChI=1S/C15H19N3O2/c1-4-13-17-14(16-2)9-15(18-13)20-10-11-5-7-12(19-3)8-6-11/h5-9H,4,10H2,1-3H3,(H,16,17,18). The van der Waals surface area contributed by atoms with Gasteiger partial charge in [0.1, 0.15) is 24.0 Å². The van der Waals surface area contributed by atoms with Crippen LogP contribution in [0.4, 0.5) is 5.82 Å². The van der Waals surface area contributed by atoms with Gasteiger partial charge in [0.05, 0.1) is 7.11 Å². The molecule has 0 aliphatic heterocycles. The molecule has 20 heavy (non-hydrogen) atoms. The zero-order valence-electron chi connectivity index (χ0n) is 12.0. The lowest BCUT2D eigenvalue weighted by atomic mass is 10.2. The average Bonchev–Trinajstić information content (AvgIpc) is 2.53. The summed E-state index contributed by atoms with van der Waals surface area (Å²) in [5.74, 6) is 2.95. The lowest BCUT2D eigenvalue weighted by molar-refractivity contribution is 0.292. The Morgan fingerprint density at radius 1 is 1.15 bits per heavy atom. The van der Waals surface area contributed by atoms with Gasteiger partial charge in [-0.25, -0.2) is 4.98 Å². The van der Waals surface area contributed by atoms with Crippen LogP contribution >= 0.6 is 0 Å². The number of hydrogen-bond donors (Lipinski definition) is 1. The van der Waals surface area contributed by atoms with Crippen LogP contribution in [0.2, 0.25) is 0 Å². The van der Waals surface area contributed by atoms with Crippen LogP contribution in [0.3, 0.4) is 0 Å². The summed E-state index contributed by atoms with van der Waals surface area (Å²) in [5, 5.41) is 3.01. The molecule has 0 radical (unpaired) electrons. The largest absolute Gasteiger partial charge is 0.497 e. The molecule has 5 nitrogen and oxygen atoms in total. The van der Waals surface area contributed by atoms with Crippen molar-refractivity contribution in [3.63, 3.8) is 0 Å². The molecule has 1 heterocycles. The fourth-order valence-corrected chi connectivity index (χ4v) is 1.71. The summed E-state index contributed by atoms with van der Waals surface area (Å²) in [6.45, 7) is 2.48. The molecule has 1 N–H and O–H groups in total. The van der Waals surface area contributed by atoms with Gasteiger partial charge in [-0.1, -0.05) is 19.1 Å². The Morgan fingerprint density at radius 2 is 1.90 bits per heavy atom. The van der Waals surface area contributed by atoms with Crippen LogP contribution in [-0.4, -0.2) is 24.1 Å². The van der Waals surface area contributed by atoms with Gasteiger partial charge in [0, 0.05) is 19.5 Å². The van der Waals surface area contributed by atoms with E-state index in [4.69, 9.17) is 9.47 Å². The van der Waals surface area contributed by atoms with E-state index in [0.29, 0.717) is 12.5 Å². The Hall–Kier alpha value is -2.30. The first-order chi connectivity index (χ1) is 9.75. The van der Waals surface area contributed by atoms with E-state index in [1.54, 1.807) is 13.2 Å². The lowest BCUT2D eigenvalue weighted by Gasteiger charge is -2.09. The minimum absolute atomic E-state index is 0.466. The molecule has 1 aromatic heterocycles. The third kappa shape index (κ3) is 3.60. The summed E-state index contributed by atoms with van der Waals surface area (Å²) in [4.78, 5) is 8.68. The van der Waals surface area contributed by atoms with Crippen molar-refractivity contribution in [2.75, 3.05) is 19.5 Å². The highest BCUT2D eigenvalue weighted by Gasteiger charge is 2.04. The highest BCUT2D eigenvalue weighted by atomic mass is 16.5. The highest BCUT2D eigenvalue weighted by molar-refractivity contribution is 5.37. The van der Waals surface area contributed by atoms with E-state index >= 15 is 0 Å². The van der Waals surface area contributed by atoms with E-state index in [1.165, 1.54) is 0 Å². The SMILES string of the molecule is CCc1nc(NC)cc(OCc2ccc(OC)cc2)n1. The second-order valence-corrected chi connectivity index (χ2v) is 4.25. The molecular weight excluding hydrogens is 254 g/mol. The topological polar surface area (TPSA) is 56.3 Å². The van der Waals surface area contributed by atoms with Crippen molar-refractivity contribution in [1.29, 1.82) is 0 Å². The molecule has 0 spiro atoms. The number of ether oxygens (including phenoxy) is 2. The number of rotatable bonds is 6. The van der Waals surface area contributed by atoms with Crippen LogP contribution in [0.15, 0.2) is 30.3 Å². The second kappa shape index (κ2) is 6.75. The number of anilines is 1. The van der Waals surface area contributed by atoms with E-state index in [1.807, 2.05) is 38.2 Å². The molecule has 0 saturated carbocycles. The molecule has 106 valence electrons. The molecule has 0 amide bonds. The number of hydrogen-bond acceptors (Lipinski definition) is 5. The summed E-state index contributed by atoms with van der Waals surface area (Å²) < 4.78 is 10.8. The van der Waals surface area contributed by atoms with Crippen molar-refractivity contribution < 1.29 is 9.47 Å². The summed E-state index contributed by atoms with van der Waals surface area (Å²) in [6, 6.07) is 9.56. The molecule has 2 rings (SSSR count). The van der Waals surface area contributed by atoms with Gasteiger partial charge in [-0.15, -0.1) is 0 Å². The molecule has 0 bridgehead atoms. The third-order valence-electron chi connectivity index (χ3n) is 2.87. The quantitative estimate of drug-likeness (QED) is 0.877. The van der Waals surface area contributed by atoms with Gasteiger partial charge in [0.15, 0.2) is 0 Å². The van der Waals surface area contributed by atoms with Crippen LogP contribution in [0.5, 0.6) is 11.6 Å². The molecule has 0 atom stereocenters. The van der Waals surface area contributed by atoms with Gasteiger partial charge in [-0.3, -0.25) is 0 Å². The van der Waals surface area contributed by atoms with Crippen molar-refractivity contribution in [3.8, 4) is 11.6 Å². The monoisotopic (exact) mass is 273 g/mol. The van der Waals surface area contributed by atoms with Crippen molar-refractivity contribution in [1.82, 2.24) is 9.97 Å². The third-order valence-corrected chi connectivity index (χ3v) is 2.87. The fourth-order valence-electron chi connectivity index (χ4n) is 1.71. The minimum Gasteiger partial charge on any atom is -0.497 e. The number of methoxy groups -OCH3 is 1. The smallest absolute Gasteiger partial charge is 0.219 e. The number of aryl methyl sites for hydroxylation is 1. The molecule has 0 unspecified atom stereocenters. The van der Waals surface area contributed by atoms with Gasteiger partial charge >= 0.3 is 0 Å². The highest BCUT2D eigenvalue weighted by Crippen LogP contribution is 2.16. The Balaban J connectivity index is 2.05. The van der Waals surface area contributed by atoms with Crippen LogP contribution < -0.4 is 14.8 Å². The summed E-state index contributed by atoms with van der Waals surface area (Å²) in [5.41, 5.74) is 1.06. The van der Waals surface area contributed by atoms with E-state index in [9.17, 15) is 0 Å². The Bertz CT molecular complexity index is 533. The van der Waals surface area contributed by atoms with Crippen LogP contribution in [-0.2, 0) is 13.0 Å². The lowest BCUT2D eigenvalue weighted by Crippen LogP contribution is -2.03. The van der Waals surface area contributed by atoms with Crippen LogP contribution in [0, 0.1) is 0 Å². The van der Waals surface area contributed by atoms with Crippen molar-refractivity contribution >= 4 is 5.82 Å². The normalized spacial score (nSPS) is 10.2. The van der Waals surface area contributed by atoms with E-state index in [2.05, 4.69) is 15.3 Å². The number of benzene rings is 1. The molecule has 2 aromatic rings. The maximum atomic E-state index is 5.72. The second-order valence-electron chi connectivity index (χ2n) is 4.25. The van der Waals surface area contributed by atoms with Gasteiger partial charge in [-0.05, 0) is 17.7 Å². The maximum absolute atomic E-state index is 5.72. The molecular formula is C15H19N3O2. The van der Waals surface area contributed by atoms with Crippen LogP contribution in [0.1, 0.15) is 18.3 Å². The van der Waals surface area contributed by atoms with Gasteiger partial charge in [0.2, 0.25) is 5.88 Å². The van der Waals surface area contributed by atoms with Crippen molar-refractivity contribution in [2.45, 2.75) is 20.0 Å². The first-order valence-corrected chi connectivity index (χ1v) is 6.56. The van der Waals surface area contributed by atoms with Gasteiger partial charge < -0.3 is 14.8 Å². The summed E-state index contributed by atoms with van der Waals surface area (Å²) in [6.07, 6.45) is 0.772. The van der Waals surface area contributed by atoms with E-state index in [-0.39, 0.29) is 0 Å². The number of nitrogens with zero attached hydrogens (tertiary/aromatic N) is 2. The zero-order chi connectivity index (χ0) is 14.4. The number of aromatic nitrogens is 2. The molecule has 0 saturated heterocycles. The maximum Gasteiger partial charge on any atom is 0.219 e. The Kier molecular flexibility index (Phi) is 4.76. The average molecular weight is 273 g/mol. The first-order valence-electron chi connectivity index (χ1n) is 6.56. The molecule has 0 aliphatic rings. The van der Waals surface area contributed by atoms with Crippen molar-refractivity contribution in [2.24, 2.45) is 0 Å². The number of nitrogens with one attached hydrogen (secondary N) is 1. The molecule has 0 aliphatic carbocycles. The summed E-state index contributed by atoms with van der Waals surface area (Å²) >= 11 is 0. The zero-order valence-corrected chi connectivity index (χ0v) is 12.0. The van der Waals surface area contributed by atoms with Gasteiger partial charge in [0.25, 0.3) is 0 Å². The predicted molar refractivity (Wildman–Crippen MR) is 78.3 cm³/mol. The Labute approximate surface area is 119 Å². The molecule has 5 heteroatoms. The van der Waals surface area contributed by atoms with Crippen molar-refractivity contribution in [3.05, 3.63) is 41.7 Å². The van der Waals surface area contributed by atoms with E-state index < -0.39 is 0 Å². The van der Waals surface area contributed by atoms with Crippen LogP contribution in [0.25, 0.3) is 0 Å². The first kappa shape index (κ1) is 14.1. The molecule has 1 aromatic carbocycles. The fraction of sp³-hybridized carbons (Fsp3) is 0.333. The van der Waals surface area contributed by atoms with Gasteiger partial charge in [-0.2, -0.15) is 4.98 Å². The summed E-state index contributed by atoms with van der Waals surface area (Å²) in [7, 11) is 3.48. The minimum atomic E-state index is 0.466. The predicted octanol–water partition coefficient (Wildman–Crippen LogP) is 2.67. The van der Waals surface area contributed by atoms with E-state index in [0.717, 1.165) is 29.4 Å². The Morgan fingerprint density at radius 3 is 2.50 bits per heavy atom.